The molecule has 1 fully saturated rings. The standard InChI is InChI=1S/C20H24O/c1-19(2,3)15-7-8-17-14(11-15)5-9-18(21)20(17)12-13-4-6-16(20)10-13/h4,6-8,11,13,16H,5,9-10,12H2,1-3H3. The second-order valence-corrected chi connectivity index (χ2v) is 8.21. The van der Waals surface area contributed by atoms with Gasteiger partial charge in [-0.1, -0.05) is 51.1 Å². The van der Waals surface area contributed by atoms with E-state index in [2.05, 4.69) is 51.1 Å². The predicted octanol–water partition coefficient (Wildman–Crippen LogP) is 4.33. The molecule has 1 saturated carbocycles. The molecule has 1 heteroatoms. The van der Waals surface area contributed by atoms with Crippen molar-refractivity contribution in [3.8, 4) is 0 Å². The zero-order valence-corrected chi connectivity index (χ0v) is 13.3. The maximum atomic E-state index is 12.8. The van der Waals surface area contributed by atoms with E-state index in [-0.39, 0.29) is 10.8 Å². The summed E-state index contributed by atoms with van der Waals surface area (Å²) in [6.07, 6.45) is 8.56. The van der Waals surface area contributed by atoms with Gasteiger partial charge in [-0.15, -0.1) is 0 Å². The van der Waals surface area contributed by atoms with Gasteiger partial charge in [0.1, 0.15) is 5.78 Å². The van der Waals surface area contributed by atoms with Crippen LogP contribution in [0.1, 0.15) is 56.7 Å². The Labute approximate surface area is 127 Å². The molecule has 21 heavy (non-hydrogen) atoms. The van der Waals surface area contributed by atoms with Crippen LogP contribution in [0.4, 0.5) is 0 Å². The molecule has 3 aliphatic carbocycles. The Morgan fingerprint density at radius 3 is 2.57 bits per heavy atom. The first-order valence-electron chi connectivity index (χ1n) is 8.27. The number of Topliss-reactive ketones (excluding diaryl/α,β-unsaturated/α-hetero) is 1. The molecular weight excluding hydrogens is 256 g/mol. The molecule has 110 valence electrons. The summed E-state index contributed by atoms with van der Waals surface area (Å²) in [4.78, 5) is 12.8. The molecule has 0 N–H and O–H groups in total. The van der Waals surface area contributed by atoms with E-state index in [0.29, 0.717) is 17.6 Å². The molecular formula is C20H24O. The molecule has 1 aromatic carbocycles. The van der Waals surface area contributed by atoms with Crippen molar-refractivity contribution in [3.05, 3.63) is 47.0 Å². The van der Waals surface area contributed by atoms with Gasteiger partial charge in [-0.05, 0) is 53.2 Å². The number of carbonyl (C=O) groups is 1. The topological polar surface area (TPSA) is 17.1 Å². The third kappa shape index (κ3) is 1.73. The third-order valence-corrected chi connectivity index (χ3v) is 5.96. The summed E-state index contributed by atoms with van der Waals surface area (Å²) >= 11 is 0. The van der Waals surface area contributed by atoms with Crippen LogP contribution in [-0.4, -0.2) is 5.78 Å². The summed E-state index contributed by atoms with van der Waals surface area (Å²) in [6, 6.07) is 6.91. The lowest BCUT2D eigenvalue weighted by atomic mass is 9.62. The van der Waals surface area contributed by atoms with Crippen molar-refractivity contribution in [3.63, 3.8) is 0 Å². The van der Waals surface area contributed by atoms with E-state index in [4.69, 9.17) is 0 Å². The van der Waals surface area contributed by atoms with Gasteiger partial charge in [-0.2, -0.15) is 0 Å². The minimum atomic E-state index is -0.177. The van der Waals surface area contributed by atoms with Crippen molar-refractivity contribution in [2.24, 2.45) is 11.8 Å². The average Bonchev–Trinajstić information content (AvgIpc) is 3.03. The van der Waals surface area contributed by atoms with Crippen LogP contribution < -0.4 is 0 Å². The van der Waals surface area contributed by atoms with E-state index in [1.807, 2.05) is 0 Å². The lowest BCUT2D eigenvalue weighted by Crippen LogP contribution is -2.43. The van der Waals surface area contributed by atoms with Crippen molar-refractivity contribution >= 4 is 5.78 Å². The van der Waals surface area contributed by atoms with E-state index < -0.39 is 0 Å². The Balaban J connectivity index is 1.87. The second kappa shape index (κ2) is 4.09. The highest BCUT2D eigenvalue weighted by Crippen LogP contribution is 2.56. The van der Waals surface area contributed by atoms with Crippen molar-refractivity contribution in [2.45, 2.75) is 57.3 Å². The summed E-state index contributed by atoms with van der Waals surface area (Å²) in [5.41, 5.74) is 4.18. The van der Waals surface area contributed by atoms with Crippen LogP contribution in [0.25, 0.3) is 0 Å². The number of hydrogen-bond acceptors (Lipinski definition) is 1. The van der Waals surface area contributed by atoms with E-state index in [1.165, 1.54) is 23.1 Å². The Morgan fingerprint density at radius 1 is 1.14 bits per heavy atom. The van der Waals surface area contributed by atoms with Crippen LogP contribution in [0, 0.1) is 11.8 Å². The number of hydrogen-bond donors (Lipinski definition) is 0. The zero-order valence-electron chi connectivity index (χ0n) is 13.3. The largest absolute Gasteiger partial charge is 0.299 e. The molecule has 1 aromatic rings. The molecule has 3 unspecified atom stereocenters. The van der Waals surface area contributed by atoms with E-state index in [1.54, 1.807) is 0 Å². The Morgan fingerprint density at radius 2 is 1.95 bits per heavy atom. The minimum Gasteiger partial charge on any atom is -0.299 e. The summed E-state index contributed by atoms with van der Waals surface area (Å²) < 4.78 is 0. The van der Waals surface area contributed by atoms with Crippen LogP contribution in [0.5, 0.6) is 0 Å². The van der Waals surface area contributed by atoms with E-state index in [0.717, 1.165) is 19.3 Å². The summed E-state index contributed by atoms with van der Waals surface area (Å²) in [7, 11) is 0. The van der Waals surface area contributed by atoms with Gasteiger partial charge in [-0.3, -0.25) is 4.79 Å². The highest BCUT2D eigenvalue weighted by molar-refractivity contribution is 5.94. The number of carbonyl (C=O) groups excluding carboxylic acids is 1. The highest BCUT2D eigenvalue weighted by atomic mass is 16.1. The van der Waals surface area contributed by atoms with Gasteiger partial charge in [0.25, 0.3) is 0 Å². The lowest BCUT2D eigenvalue weighted by molar-refractivity contribution is -0.126. The SMILES string of the molecule is CC(C)(C)c1ccc2c(c1)CCC(=O)C21CC2C=CC1C2. The maximum Gasteiger partial charge on any atom is 0.144 e. The van der Waals surface area contributed by atoms with Gasteiger partial charge >= 0.3 is 0 Å². The zero-order chi connectivity index (χ0) is 14.8. The van der Waals surface area contributed by atoms with Gasteiger partial charge in [0.15, 0.2) is 0 Å². The molecule has 0 radical (unpaired) electrons. The minimum absolute atomic E-state index is 0.177. The fraction of sp³-hybridized carbons (Fsp3) is 0.550. The van der Waals surface area contributed by atoms with Gasteiger partial charge < -0.3 is 0 Å². The number of allylic oxidation sites excluding steroid dienone is 2. The Hall–Kier alpha value is -1.37. The second-order valence-electron chi connectivity index (χ2n) is 8.21. The van der Waals surface area contributed by atoms with Crippen molar-refractivity contribution in [1.29, 1.82) is 0 Å². The molecule has 0 amide bonds. The molecule has 0 aromatic heterocycles. The van der Waals surface area contributed by atoms with Crippen LogP contribution in [0.2, 0.25) is 0 Å². The van der Waals surface area contributed by atoms with Crippen LogP contribution in [0.3, 0.4) is 0 Å². The van der Waals surface area contributed by atoms with Crippen LogP contribution in [-0.2, 0) is 22.0 Å². The predicted molar refractivity (Wildman–Crippen MR) is 85.5 cm³/mol. The van der Waals surface area contributed by atoms with Gasteiger partial charge in [0, 0.05) is 6.42 Å². The van der Waals surface area contributed by atoms with Crippen molar-refractivity contribution in [1.82, 2.24) is 0 Å². The molecule has 1 spiro atoms. The molecule has 1 nitrogen and oxygen atoms in total. The smallest absolute Gasteiger partial charge is 0.144 e. The lowest BCUT2D eigenvalue weighted by Gasteiger charge is -2.40. The molecule has 0 heterocycles. The number of rotatable bonds is 0. The fourth-order valence-corrected chi connectivity index (χ4v) is 4.81. The Kier molecular flexibility index (Phi) is 2.59. The molecule has 3 atom stereocenters. The number of fused-ring (bicyclic) bond motifs is 5. The fourth-order valence-electron chi connectivity index (χ4n) is 4.81. The number of aryl methyl sites for hydroxylation is 1. The highest BCUT2D eigenvalue weighted by Gasteiger charge is 2.55. The normalized spacial score (nSPS) is 33.8. The first kappa shape index (κ1) is 13.3. The summed E-state index contributed by atoms with van der Waals surface area (Å²) in [6.45, 7) is 6.79. The first-order valence-corrected chi connectivity index (χ1v) is 8.27. The molecule has 0 aliphatic heterocycles. The van der Waals surface area contributed by atoms with Crippen LogP contribution in [0.15, 0.2) is 30.4 Å². The molecule has 0 saturated heterocycles. The number of ketones is 1. The average molecular weight is 280 g/mol. The summed E-state index contributed by atoms with van der Waals surface area (Å²) in [5.74, 6) is 1.58. The van der Waals surface area contributed by atoms with Gasteiger partial charge in [-0.25, -0.2) is 0 Å². The monoisotopic (exact) mass is 280 g/mol. The third-order valence-electron chi connectivity index (χ3n) is 5.96. The van der Waals surface area contributed by atoms with Crippen LogP contribution >= 0.6 is 0 Å². The van der Waals surface area contributed by atoms with Crippen molar-refractivity contribution in [2.75, 3.05) is 0 Å². The van der Waals surface area contributed by atoms with Crippen molar-refractivity contribution < 1.29 is 4.79 Å². The van der Waals surface area contributed by atoms with Gasteiger partial charge in [0.05, 0.1) is 5.41 Å². The quantitative estimate of drug-likeness (QED) is 0.646. The maximum absolute atomic E-state index is 12.8. The number of benzene rings is 1. The van der Waals surface area contributed by atoms with E-state index in [9.17, 15) is 4.79 Å². The molecule has 4 rings (SSSR count). The summed E-state index contributed by atoms with van der Waals surface area (Å²) in [5, 5.41) is 0. The Bertz CT molecular complexity index is 646. The molecule has 3 aliphatic rings. The molecule has 2 bridgehead atoms. The first-order chi connectivity index (χ1) is 9.91. The van der Waals surface area contributed by atoms with Gasteiger partial charge in [0.2, 0.25) is 0 Å². The van der Waals surface area contributed by atoms with E-state index >= 15 is 0 Å².